The van der Waals surface area contributed by atoms with Crippen molar-refractivity contribution >= 4 is 22.8 Å². The van der Waals surface area contributed by atoms with Crippen molar-refractivity contribution in [2.45, 2.75) is 41.8 Å². The van der Waals surface area contributed by atoms with Crippen molar-refractivity contribution in [1.82, 2.24) is 9.97 Å². The Labute approximate surface area is 116 Å². The maximum atomic E-state index is 11.0. The summed E-state index contributed by atoms with van der Waals surface area (Å²) in [6, 6.07) is 7.84. The highest BCUT2D eigenvalue weighted by atomic mass is 32.2. The number of aliphatic hydroxyl groups is 1. The molecule has 4 rings (SSSR count). The summed E-state index contributed by atoms with van der Waals surface area (Å²) < 4.78 is 0. The summed E-state index contributed by atoms with van der Waals surface area (Å²) in [4.78, 5) is 9.09. The molecule has 2 fully saturated rings. The van der Waals surface area contributed by atoms with Crippen LogP contribution < -0.4 is 0 Å². The molecule has 4 heteroatoms. The highest BCUT2D eigenvalue weighted by molar-refractivity contribution is 8.00. The minimum absolute atomic E-state index is 0.594. The summed E-state index contributed by atoms with van der Waals surface area (Å²) in [5.41, 5.74) is 1.75. The second-order valence-corrected chi connectivity index (χ2v) is 7.25. The van der Waals surface area contributed by atoms with Crippen LogP contribution in [0.1, 0.15) is 31.4 Å². The third-order valence-corrected chi connectivity index (χ3v) is 5.83. The van der Waals surface area contributed by atoms with Gasteiger partial charge in [-0.3, -0.25) is 4.98 Å². The van der Waals surface area contributed by atoms with Crippen molar-refractivity contribution in [2.75, 3.05) is 0 Å². The van der Waals surface area contributed by atoms with Crippen LogP contribution in [0.3, 0.4) is 0 Å². The number of rotatable bonds is 1. The Morgan fingerprint density at radius 1 is 1.11 bits per heavy atom. The van der Waals surface area contributed by atoms with E-state index in [0.29, 0.717) is 10.5 Å². The maximum absolute atomic E-state index is 11.0. The molecule has 3 heterocycles. The molecule has 0 saturated carbocycles. The normalized spacial score (nSPS) is 33.7. The predicted molar refractivity (Wildman–Crippen MR) is 77.1 cm³/mol. The monoisotopic (exact) mass is 272 g/mol. The predicted octanol–water partition coefficient (Wildman–Crippen LogP) is 2.88. The number of hydrogen-bond donors (Lipinski definition) is 1. The largest absolute Gasteiger partial charge is 0.383 e. The minimum Gasteiger partial charge on any atom is -0.383 e. The summed E-state index contributed by atoms with van der Waals surface area (Å²) in [6.07, 6.45) is 5.87. The van der Waals surface area contributed by atoms with Crippen molar-refractivity contribution in [2.24, 2.45) is 0 Å². The van der Waals surface area contributed by atoms with Gasteiger partial charge in [0.25, 0.3) is 0 Å². The topological polar surface area (TPSA) is 46.0 Å². The molecule has 98 valence electrons. The Kier molecular flexibility index (Phi) is 2.57. The molecule has 1 aromatic carbocycles. The second kappa shape index (κ2) is 4.18. The number of hydrogen-bond acceptors (Lipinski definition) is 4. The highest BCUT2D eigenvalue weighted by Gasteiger charge is 2.45. The number of nitrogens with zero attached hydrogens (tertiary/aromatic N) is 2. The lowest BCUT2D eigenvalue weighted by Crippen LogP contribution is -2.35. The first-order chi connectivity index (χ1) is 9.23. The van der Waals surface area contributed by atoms with Crippen molar-refractivity contribution < 1.29 is 5.11 Å². The third kappa shape index (κ3) is 1.94. The molecule has 0 radical (unpaired) electrons. The Morgan fingerprint density at radius 2 is 1.79 bits per heavy atom. The molecule has 2 aromatic rings. The molecular weight excluding hydrogens is 256 g/mol. The van der Waals surface area contributed by atoms with Crippen molar-refractivity contribution in [3.8, 4) is 0 Å². The molecule has 2 atom stereocenters. The fourth-order valence-corrected chi connectivity index (χ4v) is 5.14. The molecule has 19 heavy (non-hydrogen) atoms. The van der Waals surface area contributed by atoms with Gasteiger partial charge in [-0.15, -0.1) is 0 Å². The molecule has 3 nitrogen and oxygen atoms in total. The van der Waals surface area contributed by atoms with Gasteiger partial charge in [-0.1, -0.05) is 12.1 Å². The molecule has 2 unspecified atom stereocenters. The maximum Gasteiger partial charge on any atom is 0.110 e. The number of aromatic nitrogens is 2. The molecule has 1 aromatic heterocycles. The summed E-state index contributed by atoms with van der Waals surface area (Å²) >= 11 is 2.04. The number of benzene rings is 1. The minimum atomic E-state index is -0.770. The molecule has 2 saturated heterocycles. The van der Waals surface area contributed by atoms with Crippen molar-refractivity contribution in [3.05, 3.63) is 36.2 Å². The first kappa shape index (κ1) is 11.7. The number of para-hydroxylation sites is 2. The van der Waals surface area contributed by atoms with Crippen LogP contribution in [-0.2, 0) is 5.60 Å². The smallest absolute Gasteiger partial charge is 0.110 e. The van der Waals surface area contributed by atoms with Crippen LogP contribution in [0.15, 0.2) is 30.5 Å². The summed E-state index contributed by atoms with van der Waals surface area (Å²) in [6.45, 7) is 0. The van der Waals surface area contributed by atoms with E-state index in [2.05, 4.69) is 9.97 Å². The van der Waals surface area contributed by atoms with Crippen LogP contribution in [0.4, 0.5) is 0 Å². The Morgan fingerprint density at radius 3 is 2.53 bits per heavy atom. The Balaban J connectivity index is 1.76. The van der Waals surface area contributed by atoms with Gasteiger partial charge in [0, 0.05) is 10.5 Å². The lowest BCUT2D eigenvalue weighted by molar-refractivity contribution is 0.0153. The average molecular weight is 272 g/mol. The molecular formula is C15H16N2OS. The van der Waals surface area contributed by atoms with Gasteiger partial charge < -0.3 is 5.11 Å². The van der Waals surface area contributed by atoms with Gasteiger partial charge in [0.15, 0.2) is 0 Å². The standard InChI is InChI=1S/C15H16N2OS/c18-15(7-10-5-6-11(8-15)19-10)14-9-16-12-3-1-2-4-13(12)17-14/h1-4,9-11,18H,5-8H2. The van der Waals surface area contributed by atoms with Crippen LogP contribution >= 0.6 is 11.8 Å². The van der Waals surface area contributed by atoms with Gasteiger partial charge in [-0.2, -0.15) is 11.8 Å². The quantitative estimate of drug-likeness (QED) is 0.867. The molecule has 1 N–H and O–H groups in total. The average Bonchev–Trinajstić information content (AvgIpc) is 2.78. The van der Waals surface area contributed by atoms with E-state index in [4.69, 9.17) is 0 Å². The lowest BCUT2D eigenvalue weighted by Gasteiger charge is -2.35. The molecule has 2 bridgehead atoms. The number of thioether (sulfide) groups is 1. The van der Waals surface area contributed by atoms with Crippen LogP contribution in [0, 0.1) is 0 Å². The van der Waals surface area contributed by atoms with E-state index < -0.39 is 5.60 Å². The molecule has 0 amide bonds. The summed E-state index contributed by atoms with van der Waals surface area (Å²) in [5, 5.41) is 12.2. The fourth-order valence-electron chi connectivity index (χ4n) is 3.31. The zero-order valence-electron chi connectivity index (χ0n) is 10.6. The van der Waals surface area contributed by atoms with E-state index in [0.717, 1.165) is 29.6 Å². The Bertz CT molecular complexity index is 618. The van der Waals surface area contributed by atoms with E-state index >= 15 is 0 Å². The molecule has 0 spiro atoms. The lowest BCUT2D eigenvalue weighted by atomic mass is 9.90. The zero-order chi connectivity index (χ0) is 12.9. The van der Waals surface area contributed by atoms with Gasteiger partial charge in [0.05, 0.1) is 22.9 Å². The highest BCUT2D eigenvalue weighted by Crippen LogP contribution is 2.50. The molecule has 2 aliphatic rings. The first-order valence-corrected chi connectivity index (χ1v) is 7.77. The van der Waals surface area contributed by atoms with E-state index in [1.54, 1.807) is 6.20 Å². The van der Waals surface area contributed by atoms with E-state index in [1.807, 2.05) is 36.0 Å². The van der Waals surface area contributed by atoms with Crippen molar-refractivity contribution in [1.29, 1.82) is 0 Å². The fraction of sp³-hybridized carbons (Fsp3) is 0.467. The van der Waals surface area contributed by atoms with Crippen LogP contribution in [-0.4, -0.2) is 25.6 Å². The third-order valence-electron chi connectivity index (χ3n) is 4.25. The van der Waals surface area contributed by atoms with Gasteiger partial charge >= 0.3 is 0 Å². The van der Waals surface area contributed by atoms with Crippen LogP contribution in [0.2, 0.25) is 0 Å². The van der Waals surface area contributed by atoms with Crippen LogP contribution in [0.5, 0.6) is 0 Å². The van der Waals surface area contributed by atoms with Crippen molar-refractivity contribution in [3.63, 3.8) is 0 Å². The zero-order valence-corrected chi connectivity index (χ0v) is 11.4. The van der Waals surface area contributed by atoms with Gasteiger partial charge in [-0.05, 0) is 37.8 Å². The van der Waals surface area contributed by atoms with E-state index in [9.17, 15) is 5.11 Å². The van der Waals surface area contributed by atoms with Crippen LogP contribution in [0.25, 0.3) is 11.0 Å². The van der Waals surface area contributed by atoms with E-state index in [-0.39, 0.29) is 0 Å². The van der Waals surface area contributed by atoms with Gasteiger partial charge in [0.2, 0.25) is 0 Å². The second-order valence-electron chi connectivity index (χ2n) is 5.64. The first-order valence-electron chi connectivity index (χ1n) is 6.83. The molecule has 2 aliphatic heterocycles. The van der Waals surface area contributed by atoms with E-state index in [1.165, 1.54) is 12.8 Å². The summed E-state index contributed by atoms with van der Waals surface area (Å²) in [5.74, 6) is 0. The Hall–Kier alpha value is -1.13. The van der Waals surface area contributed by atoms with Gasteiger partial charge in [-0.25, -0.2) is 4.98 Å². The van der Waals surface area contributed by atoms with Gasteiger partial charge in [0.1, 0.15) is 5.60 Å². The molecule has 0 aliphatic carbocycles. The number of fused-ring (bicyclic) bond motifs is 3. The SMILES string of the molecule is OC1(c2cnc3ccccc3n2)CC2CCC(C1)S2. The summed E-state index contributed by atoms with van der Waals surface area (Å²) in [7, 11) is 0.